The first-order valence-corrected chi connectivity index (χ1v) is 9.62. The highest BCUT2D eigenvalue weighted by Gasteiger charge is 2.13. The fraction of sp³-hybridized carbons (Fsp3) is 0.300. The van der Waals surface area contributed by atoms with Gasteiger partial charge in [0.25, 0.3) is 0 Å². The third kappa shape index (κ3) is 5.11. The molecule has 0 amide bonds. The first kappa shape index (κ1) is 19.5. The Morgan fingerprint density at radius 2 is 1.89 bits per heavy atom. The van der Waals surface area contributed by atoms with Crippen LogP contribution in [-0.4, -0.2) is 31.3 Å². The topological polar surface area (TPSA) is 53.6 Å². The van der Waals surface area contributed by atoms with Gasteiger partial charge in [0.05, 0.1) is 17.7 Å². The zero-order valence-corrected chi connectivity index (χ0v) is 16.7. The Morgan fingerprint density at radius 1 is 1.19 bits per heavy atom. The average molecular weight is 404 g/mol. The zero-order chi connectivity index (χ0) is 19.2. The fourth-order valence-electron chi connectivity index (χ4n) is 3.03. The molecule has 1 heterocycles. The minimum atomic E-state index is -0.486. The SMILES string of the molecule is COC(=O)c1cc(NC(=S)NCc2ccc(N3CCCC3)cc2)ccc1Cl. The van der Waals surface area contributed by atoms with Crippen LogP contribution >= 0.6 is 23.8 Å². The van der Waals surface area contributed by atoms with Crippen molar-refractivity contribution in [3.05, 3.63) is 58.6 Å². The molecule has 0 saturated carbocycles. The lowest BCUT2D eigenvalue weighted by Gasteiger charge is -2.18. The van der Waals surface area contributed by atoms with Gasteiger partial charge in [0, 0.05) is 31.0 Å². The number of carbonyl (C=O) groups excluding carboxylic acids is 1. The van der Waals surface area contributed by atoms with E-state index in [1.807, 2.05) is 0 Å². The highest BCUT2D eigenvalue weighted by molar-refractivity contribution is 7.80. The van der Waals surface area contributed by atoms with Crippen LogP contribution in [0.3, 0.4) is 0 Å². The lowest BCUT2D eigenvalue weighted by Crippen LogP contribution is -2.28. The van der Waals surface area contributed by atoms with E-state index < -0.39 is 5.97 Å². The van der Waals surface area contributed by atoms with Crippen LogP contribution < -0.4 is 15.5 Å². The molecule has 5 nitrogen and oxygen atoms in total. The first-order chi connectivity index (χ1) is 13.1. The minimum absolute atomic E-state index is 0.296. The standard InChI is InChI=1S/C20H22ClN3O2S/c1-26-19(25)17-12-15(6-9-18(17)21)23-20(27)22-13-14-4-7-16(8-5-14)24-10-2-3-11-24/h4-9,12H,2-3,10-11,13H2,1H3,(H2,22,23,27). The molecular weight excluding hydrogens is 382 g/mol. The second-order valence-corrected chi connectivity index (χ2v) is 7.17. The highest BCUT2D eigenvalue weighted by Crippen LogP contribution is 2.22. The summed E-state index contributed by atoms with van der Waals surface area (Å²) in [6.45, 7) is 2.89. The van der Waals surface area contributed by atoms with E-state index in [0.29, 0.717) is 27.9 Å². The Labute approximate surface area is 169 Å². The molecule has 1 fully saturated rings. The molecule has 7 heteroatoms. The third-order valence-electron chi connectivity index (χ3n) is 4.49. The van der Waals surface area contributed by atoms with E-state index in [9.17, 15) is 4.79 Å². The van der Waals surface area contributed by atoms with Gasteiger partial charge >= 0.3 is 5.97 Å². The van der Waals surface area contributed by atoms with Gasteiger partial charge in [0.15, 0.2) is 5.11 Å². The normalized spacial score (nSPS) is 13.3. The van der Waals surface area contributed by atoms with E-state index in [2.05, 4.69) is 39.8 Å². The summed E-state index contributed by atoms with van der Waals surface area (Å²) in [4.78, 5) is 14.1. The number of esters is 1. The lowest BCUT2D eigenvalue weighted by atomic mass is 10.2. The third-order valence-corrected chi connectivity index (χ3v) is 5.07. The van der Waals surface area contributed by atoms with Gasteiger partial charge in [0.1, 0.15) is 0 Å². The van der Waals surface area contributed by atoms with E-state index in [0.717, 1.165) is 18.7 Å². The number of benzene rings is 2. The second-order valence-electron chi connectivity index (χ2n) is 6.35. The summed E-state index contributed by atoms with van der Waals surface area (Å²) in [5.41, 5.74) is 3.38. The van der Waals surface area contributed by atoms with Gasteiger partial charge in [-0.15, -0.1) is 0 Å². The van der Waals surface area contributed by atoms with Crippen LogP contribution in [0.5, 0.6) is 0 Å². The fourth-order valence-corrected chi connectivity index (χ4v) is 3.41. The first-order valence-electron chi connectivity index (χ1n) is 8.83. The Morgan fingerprint density at radius 3 is 2.56 bits per heavy atom. The Balaban J connectivity index is 1.54. The number of anilines is 2. The maximum Gasteiger partial charge on any atom is 0.339 e. The number of ether oxygens (including phenoxy) is 1. The molecule has 27 heavy (non-hydrogen) atoms. The second kappa shape index (κ2) is 9.06. The number of carbonyl (C=O) groups is 1. The van der Waals surface area contributed by atoms with Crippen molar-refractivity contribution in [3.8, 4) is 0 Å². The number of halogens is 1. The van der Waals surface area contributed by atoms with Crippen LogP contribution in [0.4, 0.5) is 11.4 Å². The monoisotopic (exact) mass is 403 g/mol. The maximum absolute atomic E-state index is 11.7. The van der Waals surface area contributed by atoms with Gasteiger partial charge in [0.2, 0.25) is 0 Å². The number of methoxy groups -OCH3 is 1. The number of hydrogen-bond acceptors (Lipinski definition) is 4. The number of nitrogens with one attached hydrogen (secondary N) is 2. The summed E-state index contributed by atoms with van der Waals surface area (Å²) in [5.74, 6) is -0.486. The van der Waals surface area contributed by atoms with Gasteiger partial charge in [-0.05, 0) is 61.0 Å². The number of thiocarbonyl (C=S) groups is 1. The van der Waals surface area contributed by atoms with Crippen molar-refractivity contribution in [2.45, 2.75) is 19.4 Å². The van der Waals surface area contributed by atoms with Gasteiger partial charge in [-0.3, -0.25) is 0 Å². The summed E-state index contributed by atoms with van der Waals surface area (Å²) in [6, 6.07) is 13.5. The summed E-state index contributed by atoms with van der Waals surface area (Å²) in [7, 11) is 1.32. The molecule has 0 aliphatic carbocycles. The van der Waals surface area contributed by atoms with Crippen LogP contribution in [0.25, 0.3) is 0 Å². The Kier molecular flexibility index (Phi) is 6.53. The molecule has 1 aliphatic rings. The van der Waals surface area contributed by atoms with Crippen LogP contribution in [-0.2, 0) is 11.3 Å². The van der Waals surface area contributed by atoms with Gasteiger partial charge < -0.3 is 20.3 Å². The summed E-state index contributed by atoms with van der Waals surface area (Å²) < 4.78 is 4.73. The highest BCUT2D eigenvalue weighted by atomic mass is 35.5. The molecule has 3 rings (SSSR count). The lowest BCUT2D eigenvalue weighted by molar-refractivity contribution is 0.0601. The predicted octanol–water partition coefficient (Wildman–Crippen LogP) is 4.21. The summed E-state index contributed by atoms with van der Waals surface area (Å²) in [6.07, 6.45) is 2.54. The molecule has 0 unspecified atom stereocenters. The molecule has 2 aromatic rings. The summed E-state index contributed by atoms with van der Waals surface area (Å²) >= 11 is 11.4. The number of hydrogen-bond donors (Lipinski definition) is 2. The Bertz CT molecular complexity index is 820. The minimum Gasteiger partial charge on any atom is -0.465 e. The van der Waals surface area contributed by atoms with Crippen LogP contribution in [0.2, 0.25) is 5.02 Å². The van der Waals surface area contributed by atoms with E-state index in [-0.39, 0.29) is 0 Å². The van der Waals surface area contributed by atoms with E-state index >= 15 is 0 Å². The molecule has 142 valence electrons. The van der Waals surface area contributed by atoms with Crippen LogP contribution in [0.1, 0.15) is 28.8 Å². The van der Waals surface area contributed by atoms with E-state index in [1.54, 1.807) is 18.2 Å². The molecule has 0 radical (unpaired) electrons. The zero-order valence-electron chi connectivity index (χ0n) is 15.1. The quantitative estimate of drug-likeness (QED) is 0.576. The maximum atomic E-state index is 11.7. The molecule has 1 aliphatic heterocycles. The molecule has 1 saturated heterocycles. The average Bonchev–Trinajstić information content (AvgIpc) is 3.22. The van der Waals surface area contributed by atoms with Crippen LogP contribution in [0, 0.1) is 0 Å². The molecule has 2 N–H and O–H groups in total. The van der Waals surface area contributed by atoms with Crippen molar-refractivity contribution >= 4 is 46.3 Å². The number of rotatable bonds is 5. The number of nitrogens with zero attached hydrogens (tertiary/aromatic N) is 1. The van der Waals surface area contributed by atoms with Crippen molar-refractivity contribution in [1.29, 1.82) is 0 Å². The summed E-state index contributed by atoms with van der Waals surface area (Å²) in [5, 5.41) is 7.04. The van der Waals surface area contributed by atoms with Gasteiger partial charge in [-0.1, -0.05) is 23.7 Å². The van der Waals surface area contributed by atoms with Crippen molar-refractivity contribution in [2.75, 3.05) is 30.4 Å². The molecule has 0 aromatic heterocycles. The Hall–Kier alpha value is -2.31. The smallest absolute Gasteiger partial charge is 0.339 e. The van der Waals surface area contributed by atoms with E-state index in [4.69, 9.17) is 28.6 Å². The molecule has 0 spiro atoms. The van der Waals surface area contributed by atoms with Crippen molar-refractivity contribution in [1.82, 2.24) is 5.32 Å². The van der Waals surface area contributed by atoms with Crippen molar-refractivity contribution in [2.24, 2.45) is 0 Å². The predicted molar refractivity (Wildman–Crippen MR) is 114 cm³/mol. The van der Waals surface area contributed by atoms with E-state index in [1.165, 1.54) is 25.6 Å². The molecule has 0 atom stereocenters. The molecule has 2 aromatic carbocycles. The van der Waals surface area contributed by atoms with Crippen molar-refractivity contribution < 1.29 is 9.53 Å². The molecular formula is C20H22ClN3O2S. The van der Waals surface area contributed by atoms with Gasteiger partial charge in [-0.25, -0.2) is 4.79 Å². The largest absolute Gasteiger partial charge is 0.465 e. The van der Waals surface area contributed by atoms with Crippen LogP contribution in [0.15, 0.2) is 42.5 Å². The van der Waals surface area contributed by atoms with Crippen molar-refractivity contribution in [3.63, 3.8) is 0 Å². The molecule has 0 bridgehead atoms. The van der Waals surface area contributed by atoms with Gasteiger partial charge in [-0.2, -0.15) is 0 Å².